The normalized spacial score (nSPS) is 10.4. The van der Waals surface area contributed by atoms with Gasteiger partial charge in [-0.3, -0.25) is 9.59 Å². The molecular weight excluding hydrogens is 276 g/mol. The number of phenolic OH excluding ortho intramolecular Hbond substituents is 1. The lowest BCUT2D eigenvalue weighted by molar-refractivity contribution is 0.0979. The van der Waals surface area contributed by atoms with E-state index in [1.54, 1.807) is 12.1 Å². The maximum Gasteiger partial charge on any atom is 0.162 e. The summed E-state index contributed by atoms with van der Waals surface area (Å²) in [4.78, 5) is 22.9. The predicted molar refractivity (Wildman–Crippen MR) is 86.6 cm³/mol. The molecule has 114 valence electrons. The monoisotopic (exact) mass is 296 g/mol. The molecule has 0 unspecified atom stereocenters. The van der Waals surface area contributed by atoms with E-state index in [-0.39, 0.29) is 17.1 Å². The smallest absolute Gasteiger partial charge is 0.162 e. The van der Waals surface area contributed by atoms with Gasteiger partial charge in [0.25, 0.3) is 0 Å². The Balaban J connectivity index is 2.16. The third kappa shape index (κ3) is 4.04. The van der Waals surface area contributed by atoms with Crippen LogP contribution in [0.25, 0.3) is 0 Å². The predicted octanol–water partition coefficient (Wildman–Crippen LogP) is 4.17. The molecule has 0 bridgehead atoms. The van der Waals surface area contributed by atoms with Gasteiger partial charge in [0, 0.05) is 12.0 Å². The van der Waals surface area contributed by atoms with Crippen LogP contribution in [0.15, 0.2) is 42.5 Å². The molecule has 0 saturated carbocycles. The minimum atomic E-state index is -0.0118. The number of phenols is 1. The van der Waals surface area contributed by atoms with Crippen molar-refractivity contribution >= 4 is 12.1 Å². The van der Waals surface area contributed by atoms with Crippen molar-refractivity contribution in [1.29, 1.82) is 0 Å². The molecule has 2 rings (SSSR count). The van der Waals surface area contributed by atoms with Gasteiger partial charge in [-0.25, -0.2) is 0 Å². The van der Waals surface area contributed by atoms with Crippen molar-refractivity contribution in [3.8, 4) is 5.75 Å². The number of unbranched alkanes of at least 4 members (excludes halogenated alkanes) is 1. The summed E-state index contributed by atoms with van der Waals surface area (Å²) in [6.45, 7) is 2.07. The molecular formula is C19H20O3. The van der Waals surface area contributed by atoms with Crippen molar-refractivity contribution in [2.24, 2.45) is 0 Å². The van der Waals surface area contributed by atoms with Crippen molar-refractivity contribution < 1.29 is 14.7 Å². The van der Waals surface area contributed by atoms with Crippen LogP contribution in [0.4, 0.5) is 0 Å². The van der Waals surface area contributed by atoms with E-state index in [1.807, 2.05) is 24.3 Å². The van der Waals surface area contributed by atoms with Crippen molar-refractivity contribution in [3.05, 3.63) is 64.7 Å². The van der Waals surface area contributed by atoms with E-state index in [4.69, 9.17) is 0 Å². The number of rotatable bonds is 7. The summed E-state index contributed by atoms with van der Waals surface area (Å²) < 4.78 is 0. The number of aromatic hydroxyl groups is 1. The molecule has 0 fully saturated rings. The fraction of sp³-hybridized carbons (Fsp3) is 0.263. The molecule has 0 amide bonds. The zero-order valence-electron chi connectivity index (χ0n) is 12.7. The van der Waals surface area contributed by atoms with Gasteiger partial charge in [-0.05, 0) is 42.2 Å². The number of carbonyl (C=O) groups excluding carboxylic acids is 2. The second-order valence-electron chi connectivity index (χ2n) is 5.41. The number of hydrogen-bond acceptors (Lipinski definition) is 3. The Kier molecular flexibility index (Phi) is 5.48. The first kappa shape index (κ1) is 16.0. The van der Waals surface area contributed by atoms with E-state index in [2.05, 4.69) is 6.92 Å². The molecule has 0 atom stereocenters. The number of Topliss-reactive ketones (excluding diaryl/α,β-unsaturated/α-hetero) is 1. The summed E-state index contributed by atoms with van der Waals surface area (Å²) in [5.41, 5.74) is 2.97. The highest BCUT2D eigenvalue weighted by Crippen LogP contribution is 2.19. The van der Waals surface area contributed by atoms with E-state index in [1.165, 1.54) is 6.07 Å². The maximum absolute atomic E-state index is 12.1. The van der Waals surface area contributed by atoms with Crippen molar-refractivity contribution in [2.75, 3.05) is 0 Å². The molecule has 0 saturated heterocycles. The summed E-state index contributed by atoms with van der Waals surface area (Å²) in [7, 11) is 0. The molecule has 2 aromatic rings. The van der Waals surface area contributed by atoms with Gasteiger partial charge in [0.1, 0.15) is 5.75 Å². The quantitative estimate of drug-likeness (QED) is 0.616. The van der Waals surface area contributed by atoms with E-state index in [0.29, 0.717) is 19.1 Å². The Morgan fingerprint density at radius 2 is 1.91 bits per heavy atom. The summed E-state index contributed by atoms with van der Waals surface area (Å²) in [6, 6.07) is 12.6. The molecule has 0 spiro atoms. The first-order valence-electron chi connectivity index (χ1n) is 7.53. The van der Waals surface area contributed by atoms with Gasteiger partial charge in [-0.15, -0.1) is 0 Å². The Bertz CT molecular complexity index is 674. The van der Waals surface area contributed by atoms with Crippen LogP contribution in [0.3, 0.4) is 0 Å². The highest BCUT2D eigenvalue weighted by molar-refractivity contribution is 5.96. The van der Waals surface area contributed by atoms with E-state index in [9.17, 15) is 14.7 Å². The van der Waals surface area contributed by atoms with Crippen LogP contribution in [0.1, 0.15) is 58.0 Å². The Labute approximate surface area is 130 Å². The van der Waals surface area contributed by atoms with Gasteiger partial charge in [0.2, 0.25) is 0 Å². The molecule has 22 heavy (non-hydrogen) atoms. The van der Waals surface area contributed by atoms with Gasteiger partial charge in [-0.2, -0.15) is 0 Å². The third-order valence-corrected chi connectivity index (χ3v) is 3.63. The first-order chi connectivity index (χ1) is 10.6. The van der Waals surface area contributed by atoms with Crippen LogP contribution >= 0.6 is 0 Å². The fourth-order valence-corrected chi connectivity index (χ4v) is 2.38. The lowest BCUT2D eigenvalue weighted by atomic mass is 9.98. The standard InChI is InChI=1S/C19H20O3/c1-2-3-7-18(21)16-6-4-5-14(11-16)10-15-8-9-19(22)17(12-15)13-20/h4-6,8-9,11-13,22H,2-3,7,10H2,1H3. The molecule has 3 nitrogen and oxygen atoms in total. The largest absolute Gasteiger partial charge is 0.507 e. The average molecular weight is 296 g/mol. The molecule has 1 N–H and O–H groups in total. The van der Waals surface area contributed by atoms with E-state index < -0.39 is 0 Å². The molecule has 0 aliphatic carbocycles. The number of benzene rings is 2. The van der Waals surface area contributed by atoms with Crippen molar-refractivity contribution in [2.45, 2.75) is 32.6 Å². The molecule has 0 heterocycles. The Morgan fingerprint density at radius 1 is 1.14 bits per heavy atom. The van der Waals surface area contributed by atoms with Gasteiger partial charge in [0.05, 0.1) is 5.56 Å². The number of carbonyl (C=O) groups is 2. The third-order valence-electron chi connectivity index (χ3n) is 3.63. The summed E-state index contributed by atoms with van der Waals surface area (Å²) in [6.07, 6.45) is 3.76. The van der Waals surface area contributed by atoms with Gasteiger partial charge < -0.3 is 5.11 Å². The highest BCUT2D eigenvalue weighted by Gasteiger charge is 2.07. The van der Waals surface area contributed by atoms with Crippen LogP contribution < -0.4 is 0 Å². The minimum Gasteiger partial charge on any atom is -0.507 e. The second-order valence-corrected chi connectivity index (χ2v) is 5.41. The highest BCUT2D eigenvalue weighted by atomic mass is 16.3. The minimum absolute atomic E-state index is 0.0118. The zero-order valence-corrected chi connectivity index (χ0v) is 12.7. The number of hydrogen-bond donors (Lipinski definition) is 1. The molecule has 0 aliphatic heterocycles. The van der Waals surface area contributed by atoms with Crippen molar-refractivity contribution in [3.63, 3.8) is 0 Å². The van der Waals surface area contributed by atoms with Crippen molar-refractivity contribution in [1.82, 2.24) is 0 Å². The maximum atomic E-state index is 12.1. The van der Waals surface area contributed by atoms with E-state index in [0.717, 1.165) is 29.5 Å². The Hall–Kier alpha value is -2.42. The average Bonchev–Trinajstić information content (AvgIpc) is 2.54. The molecule has 0 aromatic heterocycles. The van der Waals surface area contributed by atoms with Gasteiger partial charge in [0.15, 0.2) is 12.1 Å². The number of ketones is 1. The molecule has 0 radical (unpaired) electrons. The second kappa shape index (κ2) is 7.55. The van der Waals surface area contributed by atoms with Gasteiger partial charge in [-0.1, -0.05) is 37.6 Å². The summed E-state index contributed by atoms with van der Waals surface area (Å²) in [5.74, 6) is 0.158. The van der Waals surface area contributed by atoms with Crippen LogP contribution in [0, 0.1) is 0 Å². The van der Waals surface area contributed by atoms with Gasteiger partial charge >= 0.3 is 0 Å². The summed E-state index contributed by atoms with van der Waals surface area (Å²) in [5, 5.41) is 9.52. The first-order valence-corrected chi connectivity index (χ1v) is 7.53. The van der Waals surface area contributed by atoms with Crippen LogP contribution in [-0.4, -0.2) is 17.2 Å². The fourth-order valence-electron chi connectivity index (χ4n) is 2.38. The molecule has 3 heteroatoms. The van der Waals surface area contributed by atoms with Crippen LogP contribution in [0.2, 0.25) is 0 Å². The molecule has 0 aliphatic rings. The van der Waals surface area contributed by atoms with E-state index >= 15 is 0 Å². The zero-order chi connectivity index (χ0) is 15.9. The topological polar surface area (TPSA) is 54.4 Å². The summed E-state index contributed by atoms with van der Waals surface area (Å²) >= 11 is 0. The SMILES string of the molecule is CCCCC(=O)c1cccc(Cc2ccc(O)c(C=O)c2)c1. The van der Waals surface area contributed by atoms with Crippen LogP contribution in [0.5, 0.6) is 5.75 Å². The van der Waals surface area contributed by atoms with Crippen LogP contribution in [-0.2, 0) is 6.42 Å². The molecule has 2 aromatic carbocycles. The number of aldehydes is 1. The lowest BCUT2D eigenvalue weighted by Crippen LogP contribution is -2.00. The Morgan fingerprint density at radius 3 is 2.64 bits per heavy atom. The lowest BCUT2D eigenvalue weighted by Gasteiger charge is -2.06.